The van der Waals surface area contributed by atoms with Gasteiger partial charge in [-0.05, 0) is 43.7 Å². The zero-order valence-electron chi connectivity index (χ0n) is 14.7. The largest absolute Gasteiger partial charge is 0.497 e. The minimum atomic E-state index is -0.741. The number of aryl methyl sites for hydroxylation is 1. The zero-order valence-corrected chi connectivity index (χ0v) is 14.7. The molecule has 134 valence electrons. The molecule has 1 amide bonds. The normalized spacial score (nSPS) is 11.8. The average Bonchev–Trinajstić information content (AvgIpc) is 2.61. The van der Waals surface area contributed by atoms with Crippen molar-refractivity contribution in [2.45, 2.75) is 20.0 Å². The highest BCUT2D eigenvalue weighted by Crippen LogP contribution is 2.23. The summed E-state index contributed by atoms with van der Waals surface area (Å²) in [5, 5.41) is 3.60. The van der Waals surface area contributed by atoms with Crippen molar-refractivity contribution in [3.63, 3.8) is 0 Å². The van der Waals surface area contributed by atoms with Gasteiger partial charge in [-0.1, -0.05) is 6.07 Å². The topological polar surface area (TPSA) is 77.8 Å². The highest BCUT2D eigenvalue weighted by atomic mass is 16.5. The number of carbonyl (C=O) groups excluding carboxylic acids is 1. The number of nitrogens with one attached hydrogen (secondary N) is 1. The number of hydrogen-bond donors (Lipinski definition) is 1. The Morgan fingerprint density at radius 3 is 2.69 bits per heavy atom. The van der Waals surface area contributed by atoms with Gasteiger partial charge in [0.05, 0.1) is 7.11 Å². The second kappa shape index (κ2) is 7.31. The van der Waals surface area contributed by atoms with Crippen molar-refractivity contribution in [2.24, 2.45) is 0 Å². The van der Waals surface area contributed by atoms with Crippen LogP contribution in [-0.2, 0) is 4.79 Å². The molecule has 0 bridgehead atoms. The molecule has 0 spiro atoms. The predicted molar refractivity (Wildman–Crippen MR) is 98.9 cm³/mol. The molecule has 1 N–H and O–H groups in total. The zero-order chi connectivity index (χ0) is 18.7. The fourth-order valence-corrected chi connectivity index (χ4v) is 2.58. The number of methoxy groups -OCH3 is 1. The minimum Gasteiger partial charge on any atom is -0.497 e. The number of hydrogen-bond acceptors (Lipinski definition) is 5. The SMILES string of the molecule is COc1cccc(NC(=O)C(C)Oc2ccc3c(C)cc(=O)oc3c2)c1. The predicted octanol–water partition coefficient (Wildman–Crippen LogP) is 3.52. The smallest absolute Gasteiger partial charge is 0.336 e. The number of anilines is 1. The summed E-state index contributed by atoms with van der Waals surface area (Å²) in [4.78, 5) is 23.9. The van der Waals surface area contributed by atoms with E-state index in [9.17, 15) is 9.59 Å². The van der Waals surface area contributed by atoms with E-state index in [2.05, 4.69) is 5.32 Å². The molecule has 1 aromatic heterocycles. The first-order valence-electron chi connectivity index (χ1n) is 8.12. The van der Waals surface area contributed by atoms with Gasteiger partial charge in [0.2, 0.25) is 0 Å². The third kappa shape index (κ3) is 3.85. The fraction of sp³-hybridized carbons (Fsp3) is 0.200. The van der Waals surface area contributed by atoms with E-state index in [0.717, 1.165) is 10.9 Å². The van der Waals surface area contributed by atoms with Crippen LogP contribution in [0.5, 0.6) is 11.5 Å². The maximum Gasteiger partial charge on any atom is 0.336 e. The molecule has 2 aromatic carbocycles. The van der Waals surface area contributed by atoms with Crippen LogP contribution in [0.3, 0.4) is 0 Å². The lowest BCUT2D eigenvalue weighted by atomic mass is 10.1. The van der Waals surface area contributed by atoms with Gasteiger partial charge in [0.15, 0.2) is 6.10 Å². The van der Waals surface area contributed by atoms with Crippen LogP contribution < -0.4 is 20.4 Å². The van der Waals surface area contributed by atoms with Crippen molar-refractivity contribution in [3.8, 4) is 11.5 Å². The first-order valence-corrected chi connectivity index (χ1v) is 8.12. The molecule has 0 saturated carbocycles. The first-order chi connectivity index (χ1) is 12.5. The second-order valence-corrected chi connectivity index (χ2v) is 5.89. The van der Waals surface area contributed by atoms with E-state index in [1.165, 1.54) is 6.07 Å². The molecule has 0 aliphatic rings. The first kappa shape index (κ1) is 17.5. The maximum atomic E-state index is 12.3. The average molecular weight is 353 g/mol. The van der Waals surface area contributed by atoms with Gasteiger partial charge in [0.1, 0.15) is 17.1 Å². The number of amides is 1. The summed E-state index contributed by atoms with van der Waals surface area (Å²) in [6.45, 7) is 3.48. The van der Waals surface area contributed by atoms with Crippen molar-refractivity contribution in [3.05, 3.63) is 64.5 Å². The van der Waals surface area contributed by atoms with Crippen LogP contribution in [0.15, 0.2) is 57.7 Å². The van der Waals surface area contributed by atoms with Crippen molar-refractivity contribution in [2.75, 3.05) is 12.4 Å². The Balaban J connectivity index is 1.74. The van der Waals surface area contributed by atoms with Crippen molar-refractivity contribution >= 4 is 22.6 Å². The third-order valence-electron chi connectivity index (χ3n) is 3.94. The van der Waals surface area contributed by atoms with Crippen molar-refractivity contribution in [1.82, 2.24) is 0 Å². The van der Waals surface area contributed by atoms with Crippen LogP contribution in [0, 0.1) is 6.92 Å². The van der Waals surface area contributed by atoms with Gasteiger partial charge in [-0.25, -0.2) is 4.79 Å². The van der Waals surface area contributed by atoms with Gasteiger partial charge in [-0.3, -0.25) is 4.79 Å². The lowest BCUT2D eigenvalue weighted by molar-refractivity contribution is -0.122. The van der Waals surface area contributed by atoms with E-state index in [4.69, 9.17) is 13.9 Å². The van der Waals surface area contributed by atoms with Crippen LogP contribution in [0.25, 0.3) is 11.0 Å². The molecular formula is C20H19NO5. The molecule has 1 atom stereocenters. The Labute approximate surface area is 150 Å². The standard InChI is InChI=1S/C20H19NO5/c1-12-9-19(22)26-18-11-16(7-8-17(12)18)25-13(2)20(23)21-14-5-4-6-15(10-14)24-3/h4-11,13H,1-3H3,(H,21,23). The molecule has 3 aromatic rings. The van der Waals surface area contributed by atoms with Crippen LogP contribution in [-0.4, -0.2) is 19.1 Å². The molecule has 3 rings (SSSR count). The van der Waals surface area contributed by atoms with E-state index >= 15 is 0 Å². The molecule has 0 radical (unpaired) electrons. The Morgan fingerprint density at radius 2 is 1.92 bits per heavy atom. The van der Waals surface area contributed by atoms with Crippen molar-refractivity contribution in [1.29, 1.82) is 0 Å². The van der Waals surface area contributed by atoms with E-state index < -0.39 is 11.7 Å². The van der Waals surface area contributed by atoms with Gasteiger partial charge < -0.3 is 19.2 Å². The van der Waals surface area contributed by atoms with E-state index in [-0.39, 0.29) is 5.91 Å². The van der Waals surface area contributed by atoms with Crippen molar-refractivity contribution < 1.29 is 18.7 Å². The molecule has 0 saturated heterocycles. The van der Waals surface area contributed by atoms with Gasteiger partial charge in [0.25, 0.3) is 5.91 Å². The van der Waals surface area contributed by atoms with Gasteiger partial charge in [-0.15, -0.1) is 0 Å². The van der Waals surface area contributed by atoms with Crippen LogP contribution in [0.2, 0.25) is 0 Å². The lowest BCUT2D eigenvalue weighted by Crippen LogP contribution is -2.30. The molecule has 6 nitrogen and oxygen atoms in total. The van der Waals surface area contributed by atoms with Gasteiger partial charge in [-0.2, -0.15) is 0 Å². The lowest BCUT2D eigenvalue weighted by Gasteiger charge is -2.15. The highest BCUT2D eigenvalue weighted by molar-refractivity contribution is 5.94. The molecule has 0 fully saturated rings. The Hall–Kier alpha value is -3.28. The quantitative estimate of drug-likeness (QED) is 0.710. The van der Waals surface area contributed by atoms with E-state index in [1.54, 1.807) is 56.5 Å². The number of ether oxygens (including phenoxy) is 2. The summed E-state index contributed by atoms with van der Waals surface area (Å²) >= 11 is 0. The molecule has 0 aliphatic carbocycles. The molecular weight excluding hydrogens is 334 g/mol. The van der Waals surface area contributed by atoms with Crippen LogP contribution in [0.1, 0.15) is 12.5 Å². The maximum absolute atomic E-state index is 12.3. The molecule has 1 unspecified atom stereocenters. The molecule has 26 heavy (non-hydrogen) atoms. The van der Waals surface area contributed by atoms with Gasteiger partial charge in [0, 0.05) is 29.3 Å². The van der Waals surface area contributed by atoms with E-state index in [1.807, 2.05) is 6.92 Å². The summed E-state index contributed by atoms with van der Waals surface area (Å²) in [5.74, 6) is 0.792. The number of rotatable bonds is 5. The third-order valence-corrected chi connectivity index (χ3v) is 3.94. The number of carbonyl (C=O) groups is 1. The summed E-state index contributed by atoms with van der Waals surface area (Å²) in [6.07, 6.45) is -0.741. The van der Waals surface area contributed by atoms with Gasteiger partial charge >= 0.3 is 5.63 Å². The monoisotopic (exact) mass is 353 g/mol. The Bertz CT molecular complexity index is 1010. The Morgan fingerprint density at radius 1 is 1.12 bits per heavy atom. The summed E-state index contributed by atoms with van der Waals surface area (Å²) in [5.41, 5.74) is 1.44. The molecule has 0 aliphatic heterocycles. The fourth-order valence-electron chi connectivity index (χ4n) is 2.58. The number of fused-ring (bicyclic) bond motifs is 1. The van der Waals surface area contributed by atoms with Crippen LogP contribution >= 0.6 is 0 Å². The Kier molecular flexibility index (Phi) is 4.93. The van der Waals surface area contributed by atoms with E-state index in [0.29, 0.717) is 22.8 Å². The summed E-state index contributed by atoms with van der Waals surface area (Å²) < 4.78 is 16.0. The summed E-state index contributed by atoms with van der Waals surface area (Å²) in [7, 11) is 1.56. The highest BCUT2D eigenvalue weighted by Gasteiger charge is 2.16. The molecule has 1 heterocycles. The number of benzene rings is 2. The summed E-state index contributed by atoms with van der Waals surface area (Å²) in [6, 6.07) is 13.7. The minimum absolute atomic E-state index is 0.302. The van der Waals surface area contributed by atoms with Crippen LogP contribution in [0.4, 0.5) is 5.69 Å². The second-order valence-electron chi connectivity index (χ2n) is 5.89. The molecule has 6 heteroatoms.